The molecule has 7 heteroatoms. The summed E-state index contributed by atoms with van der Waals surface area (Å²) in [5.41, 5.74) is 3.51. The van der Waals surface area contributed by atoms with Crippen molar-refractivity contribution in [1.82, 2.24) is 10.2 Å². The van der Waals surface area contributed by atoms with Crippen LogP contribution in [0.1, 0.15) is 23.1 Å². The third-order valence-electron chi connectivity index (χ3n) is 6.80. The molecular weight excluding hydrogens is 532 g/mol. The Kier molecular flexibility index (Phi) is 10.9. The zero-order valence-electron chi connectivity index (χ0n) is 23.1. The van der Waals surface area contributed by atoms with Gasteiger partial charge in [0, 0.05) is 18.3 Å². The number of hydrogen-bond acceptors (Lipinski definition) is 5. The Morgan fingerprint density at radius 3 is 1.88 bits per heavy atom. The Morgan fingerprint density at radius 2 is 1.37 bits per heavy atom. The standard InChI is InChI=1S/C34H36N2O4S/c1-3-23-39-32(37)35-22-14-21-30-25-31(26-36(30)33(38)40-24-4-2)41-34(27-15-8-5-9-16-27,28-17-10-6-11-18-28)29-19-12-7-13-20-29/h3-21,30-31H,1-2,22-26H2,(H,35,37)/b21-14-/t30-,31+/m1/s1. The third-order valence-corrected chi connectivity index (χ3v) is 8.54. The number of hydrogen-bond donors (Lipinski definition) is 1. The molecule has 3 aromatic rings. The number of carbonyl (C=O) groups is 2. The van der Waals surface area contributed by atoms with Gasteiger partial charge in [-0.05, 0) is 23.1 Å². The van der Waals surface area contributed by atoms with Gasteiger partial charge in [0.2, 0.25) is 0 Å². The molecule has 1 N–H and O–H groups in total. The molecule has 0 radical (unpaired) electrons. The van der Waals surface area contributed by atoms with Crippen LogP contribution in [0.3, 0.4) is 0 Å². The Labute approximate surface area is 246 Å². The van der Waals surface area contributed by atoms with Gasteiger partial charge in [-0.1, -0.05) is 128 Å². The highest BCUT2D eigenvalue weighted by molar-refractivity contribution is 8.01. The number of thioether (sulfide) groups is 1. The summed E-state index contributed by atoms with van der Waals surface area (Å²) in [5, 5.41) is 2.77. The van der Waals surface area contributed by atoms with E-state index in [-0.39, 0.29) is 37.1 Å². The number of rotatable bonds is 12. The van der Waals surface area contributed by atoms with Crippen molar-refractivity contribution in [1.29, 1.82) is 0 Å². The van der Waals surface area contributed by atoms with E-state index in [0.717, 1.165) is 6.42 Å². The minimum Gasteiger partial charge on any atom is -0.445 e. The first-order valence-electron chi connectivity index (χ1n) is 13.6. The van der Waals surface area contributed by atoms with Crippen LogP contribution in [0.15, 0.2) is 128 Å². The maximum atomic E-state index is 13.1. The predicted molar refractivity (Wildman–Crippen MR) is 166 cm³/mol. The average Bonchev–Trinajstić information content (AvgIpc) is 3.43. The number of benzene rings is 3. The van der Waals surface area contributed by atoms with E-state index in [1.165, 1.54) is 22.8 Å². The van der Waals surface area contributed by atoms with Gasteiger partial charge in [-0.15, -0.1) is 11.8 Å². The quantitative estimate of drug-likeness (QED) is 0.189. The Hall–Kier alpha value is -4.23. The molecule has 0 bridgehead atoms. The number of nitrogens with one attached hydrogen (secondary N) is 1. The maximum absolute atomic E-state index is 13.1. The fraction of sp³-hybridized carbons (Fsp3) is 0.235. The van der Waals surface area contributed by atoms with E-state index in [1.807, 2.05) is 42.1 Å². The highest BCUT2D eigenvalue weighted by Crippen LogP contribution is 2.52. The first-order valence-corrected chi connectivity index (χ1v) is 14.5. The monoisotopic (exact) mass is 568 g/mol. The molecule has 6 nitrogen and oxygen atoms in total. The van der Waals surface area contributed by atoms with E-state index in [2.05, 4.69) is 91.3 Å². The third kappa shape index (κ3) is 7.50. The molecule has 1 aliphatic rings. The van der Waals surface area contributed by atoms with Crippen molar-refractivity contribution < 1.29 is 19.1 Å². The number of ether oxygens (including phenoxy) is 2. The molecular formula is C34H36N2O4S. The van der Waals surface area contributed by atoms with Gasteiger partial charge in [0.05, 0.1) is 10.8 Å². The largest absolute Gasteiger partial charge is 0.445 e. The summed E-state index contributed by atoms with van der Waals surface area (Å²) in [7, 11) is 0. The van der Waals surface area contributed by atoms with Crippen molar-refractivity contribution in [2.75, 3.05) is 26.3 Å². The Bertz CT molecular complexity index is 1220. The fourth-order valence-corrected chi connectivity index (χ4v) is 6.89. The van der Waals surface area contributed by atoms with Crippen LogP contribution >= 0.6 is 11.8 Å². The number of carbonyl (C=O) groups excluding carboxylic acids is 2. The Morgan fingerprint density at radius 1 is 0.854 bits per heavy atom. The van der Waals surface area contributed by atoms with Gasteiger partial charge < -0.3 is 19.7 Å². The van der Waals surface area contributed by atoms with Gasteiger partial charge in [-0.2, -0.15) is 0 Å². The highest BCUT2D eigenvalue weighted by Gasteiger charge is 2.44. The van der Waals surface area contributed by atoms with Gasteiger partial charge in [0.25, 0.3) is 0 Å². The molecule has 2 amide bonds. The molecule has 2 atom stereocenters. The van der Waals surface area contributed by atoms with Gasteiger partial charge in [-0.3, -0.25) is 0 Å². The molecule has 0 saturated carbocycles. The summed E-state index contributed by atoms with van der Waals surface area (Å²) in [6.07, 6.45) is 6.70. The number of amides is 2. The number of alkyl carbamates (subject to hydrolysis) is 1. The highest BCUT2D eigenvalue weighted by atomic mass is 32.2. The van der Waals surface area contributed by atoms with Crippen LogP contribution in [0.4, 0.5) is 9.59 Å². The lowest BCUT2D eigenvalue weighted by atomic mass is 9.84. The van der Waals surface area contributed by atoms with Crippen molar-refractivity contribution in [2.45, 2.75) is 22.5 Å². The average molecular weight is 569 g/mol. The van der Waals surface area contributed by atoms with Gasteiger partial charge in [0.15, 0.2) is 0 Å². The van der Waals surface area contributed by atoms with Crippen molar-refractivity contribution in [3.05, 3.63) is 145 Å². The predicted octanol–water partition coefficient (Wildman–Crippen LogP) is 6.95. The van der Waals surface area contributed by atoms with E-state index < -0.39 is 10.8 Å². The van der Waals surface area contributed by atoms with Gasteiger partial charge in [-0.25, -0.2) is 9.59 Å². The van der Waals surface area contributed by atoms with Crippen molar-refractivity contribution >= 4 is 23.9 Å². The molecule has 1 fully saturated rings. The van der Waals surface area contributed by atoms with Crippen LogP contribution in [0, 0.1) is 0 Å². The van der Waals surface area contributed by atoms with Gasteiger partial charge in [0.1, 0.15) is 13.2 Å². The zero-order valence-corrected chi connectivity index (χ0v) is 23.9. The molecule has 0 aromatic heterocycles. The van der Waals surface area contributed by atoms with Crippen molar-refractivity contribution in [2.24, 2.45) is 0 Å². The summed E-state index contributed by atoms with van der Waals surface area (Å²) in [4.78, 5) is 26.7. The lowest BCUT2D eigenvalue weighted by molar-refractivity contribution is 0.114. The first kappa shape index (κ1) is 29.7. The second kappa shape index (κ2) is 15.0. The molecule has 0 spiro atoms. The summed E-state index contributed by atoms with van der Waals surface area (Å²) in [6, 6.07) is 31.4. The summed E-state index contributed by atoms with van der Waals surface area (Å²) in [5.74, 6) is 0. The molecule has 212 valence electrons. The second-order valence-electron chi connectivity index (χ2n) is 9.54. The molecule has 0 aliphatic carbocycles. The molecule has 1 saturated heterocycles. The number of nitrogens with zero attached hydrogens (tertiary/aromatic N) is 1. The molecule has 1 heterocycles. The maximum Gasteiger partial charge on any atom is 0.410 e. The van der Waals surface area contributed by atoms with E-state index >= 15 is 0 Å². The molecule has 41 heavy (non-hydrogen) atoms. The summed E-state index contributed by atoms with van der Waals surface area (Å²) >= 11 is 1.86. The fourth-order valence-electron chi connectivity index (χ4n) is 5.04. The van der Waals surface area contributed by atoms with Crippen LogP contribution in [0.5, 0.6) is 0 Å². The van der Waals surface area contributed by atoms with Gasteiger partial charge >= 0.3 is 12.2 Å². The summed E-state index contributed by atoms with van der Waals surface area (Å²) < 4.78 is 9.92. The Balaban J connectivity index is 1.65. The van der Waals surface area contributed by atoms with Crippen LogP contribution in [-0.2, 0) is 14.2 Å². The van der Waals surface area contributed by atoms with E-state index in [0.29, 0.717) is 6.54 Å². The van der Waals surface area contributed by atoms with Crippen molar-refractivity contribution in [3.8, 4) is 0 Å². The molecule has 1 aliphatic heterocycles. The van der Waals surface area contributed by atoms with Crippen LogP contribution in [0.2, 0.25) is 0 Å². The number of likely N-dealkylation sites (tertiary alicyclic amines) is 1. The van der Waals surface area contributed by atoms with Crippen LogP contribution in [0.25, 0.3) is 0 Å². The van der Waals surface area contributed by atoms with Crippen LogP contribution in [-0.4, -0.2) is 54.7 Å². The van der Waals surface area contributed by atoms with E-state index in [9.17, 15) is 9.59 Å². The molecule has 4 rings (SSSR count). The lowest BCUT2D eigenvalue weighted by Gasteiger charge is -2.37. The zero-order chi connectivity index (χ0) is 28.9. The second-order valence-corrected chi connectivity index (χ2v) is 11.1. The first-order chi connectivity index (χ1) is 20.1. The minimum atomic E-state index is -0.519. The van der Waals surface area contributed by atoms with E-state index in [1.54, 1.807) is 11.0 Å². The minimum absolute atomic E-state index is 0.0899. The lowest BCUT2D eigenvalue weighted by Crippen LogP contribution is -2.36. The smallest absolute Gasteiger partial charge is 0.410 e. The van der Waals surface area contributed by atoms with Crippen molar-refractivity contribution in [3.63, 3.8) is 0 Å². The SMILES string of the molecule is C=CCOC(=O)NC/C=C\[C@@H]1C[C@H](SC(c2ccccc2)(c2ccccc2)c2ccccc2)CN1C(=O)OCC=C. The molecule has 3 aromatic carbocycles. The topological polar surface area (TPSA) is 67.9 Å². The summed E-state index contributed by atoms with van der Waals surface area (Å²) in [6.45, 7) is 8.29. The van der Waals surface area contributed by atoms with E-state index in [4.69, 9.17) is 9.47 Å². The van der Waals surface area contributed by atoms with Crippen LogP contribution < -0.4 is 5.32 Å². The normalized spacial score (nSPS) is 16.7. The molecule has 0 unspecified atom stereocenters.